The first-order valence-corrected chi connectivity index (χ1v) is 8.27. The summed E-state index contributed by atoms with van der Waals surface area (Å²) in [4.78, 5) is 0. The highest BCUT2D eigenvalue weighted by Gasteiger charge is 2.32. The zero-order chi connectivity index (χ0) is 14.9. The van der Waals surface area contributed by atoms with E-state index in [1.54, 1.807) is 0 Å². The van der Waals surface area contributed by atoms with E-state index in [4.69, 9.17) is 0 Å². The molecule has 112 valence electrons. The lowest BCUT2D eigenvalue weighted by molar-refractivity contribution is 0.327. The fraction of sp³-hybridized carbons (Fsp3) is 0.684. The van der Waals surface area contributed by atoms with Crippen LogP contribution in [0.3, 0.4) is 0 Å². The van der Waals surface area contributed by atoms with Gasteiger partial charge >= 0.3 is 0 Å². The molecule has 20 heavy (non-hydrogen) atoms. The Hall–Kier alpha value is -0.820. The summed E-state index contributed by atoms with van der Waals surface area (Å²) in [5.74, 6) is 1.73. The molecule has 0 heterocycles. The molecule has 0 radical (unpaired) electrons. The van der Waals surface area contributed by atoms with Gasteiger partial charge in [-0.2, -0.15) is 0 Å². The number of benzene rings is 1. The zero-order valence-corrected chi connectivity index (χ0v) is 14.1. The van der Waals surface area contributed by atoms with Crippen molar-refractivity contribution < 1.29 is 0 Å². The molecule has 1 aliphatic carbocycles. The lowest BCUT2D eigenvalue weighted by Crippen LogP contribution is -2.35. The van der Waals surface area contributed by atoms with E-state index in [0.717, 1.165) is 11.8 Å². The van der Waals surface area contributed by atoms with Gasteiger partial charge in [-0.1, -0.05) is 32.4 Å². The highest BCUT2D eigenvalue weighted by Crippen LogP contribution is 2.35. The largest absolute Gasteiger partial charge is 0.307 e. The minimum atomic E-state index is 0.456. The summed E-state index contributed by atoms with van der Waals surface area (Å²) in [6, 6.07) is 5.85. The van der Waals surface area contributed by atoms with Gasteiger partial charge in [-0.25, -0.2) is 0 Å². The monoisotopic (exact) mass is 273 g/mol. The maximum absolute atomic E-state index is 3.90. The molecule has 0 aliphatic heterocycles. The van der Waals surface area contributed by atoms with Crippen molar-refractivity contribution >= 4 is 0 Å². The van der Waals surface area contributed by atoms with E-state index in [-0.39, 0.29) is 0 Å². The van der Waals surface area contributed by atoms with E-state index in [2.05, 4.69) is 59.0 Å². The highest BCUT2D eigenvalue weighted by atomic mass is 15.0. The molecule has 0 amide bonds. The Labute approximate surface area is 125 Å². The Balaban J connectivity index is 2.09. The van der Waals surface area contributed by atoms with Crippen molar-refractivity contribution in [2.45, 2.75) is 72.9 Å². The maximum atomic E-state index is 3.90. The Kier molecular flexibility index (Phi) is 4.90. The third kappa shape index (κ3) is 3.09. The van der Waals surface area contributed by atoms with Crippen molar-refractivity contribution in [2.75, 3.05) is 0 Å². The molecular weight excluding hydrogens is 242 g/mol. The molecule has 0 bridgehead atoms. The first-order chi connectivity index (χ1) is 9.43. The van der Waals surface area contributed by atoms with Crippen LogP contribution in [0.25, 0.3) is 0 Å². The molecule has 1 saturated carbocycles. The lowest BCUT2D eigenvalue weighted by atomic mass is 9.92. The Morgan fingerprint density at radius 3 is 2.35 bits per heavy atom. The summed E-state index contributed by atoms with van der Waals surface area (Å²) < 4.78 is 0. The summed E-state index contributed by atoms with van der Waals surface area (Å²) in [5.41, 5.74) is 5.70. The van der Waals surface area contributed by atoms with Crippen molar-refractivity contribution in [2.24, 2.45) is 11.8 Å². The molecule has 2 rings (SSSR count). The van der Waals surface area contributed by atoms with E-state index in [1.165, 1.54) is 41.5 Å². The van der Waals surface area contributed by atoms with Crippen LogP contribution in [-0.4, -0.2) is 6.04 Å². The van der Waals surface area contributed by atoms with Crippen LogP contribution in [0.1, 0.15) is 68.3 Å². The van der Waals surface area contributed by atoms with Gasteiger partial charge in [0.25, 0.3) is 0 Å². The van der Waals surface area contributed by atoms with E-state index >= 15 is 0 Å². The number of nitrogens with one attached hydrogen (secondary N) is 1. The molecule has 4 unspecified atom stereocenters. The molecule has 1 aromatic carbocycles. The Morgan fingerprint density at radius 1 is 1.10 bits per heavy atom. The molecule has 1 fully saturated rings. The normalized spacial score (nSPS) is 27.8. The molecule has 0 spiro atoms. The number of aryl methyl sites for hydroxylation is 3. The van der Waals surface area contributed by atoms with Gasteiger partial charge in [-0.05, 0) is 74.6 Å². The minimum absolute atomic E-state index is 0.456. The SMILES string of the molecule is CCC1CCC(NC(C)c2cc(C)c(C)cc2C)C1C. The molecular formula is C19H31N. The number of rotatable bonds is 4. The van der Waals surface area contributed by atoms with Crippen molar-refractivity contribution in [1.82, 2.24) is 5.32 Å². The Bertz CT molecular complexity index is 463. The highest BCUT2D eigenvalue weighted by molar-refractivity contribution is 5.38. The summed E-state index contributed by atoms with van der Waals surface area (Å²) in [6.07, 6.45) is 4.07. The second-order valence-corrected chi connectivity index (χ2v) is 6.89. The van der Waals surface area contributed by atoms with Crippen LogP contribution in [0.4, 0.5) is 0 Å². The van der Waals surface area contributed by atoms with Crippen molar-refractivity contribution in [3.05, 3.63) is 34.4 Å². The quantitative estimate of drug-likeness (QED) is 0.806. The first-order valence-electron chi connectivity index (χ1n) is 8.27. The van der Waals surface area contributed by atoms with E-state index in [1.807, 2.05) is 0 Å². The second-order valence-electron chi connectivity index (χ2n) is 6.89. The van der Waals surface area contributed by atoms with Crippen LogP contribution < -0.4 is 5.32 Å². The molecule has 1 nitrogen and oxygen atoms in total. The van der Waals surface area contributed by atoms with Gasteiger partial charge in [-0.3, -0.25) is 0 Å². The van der Waals surface area contributed by atoms with Crippen LogP contribution in [0.5, 0.6) is 0 Å². The van der Waals surface area contributed by atoms with E-state index in [9.17, 15) is 0 Å². The number of hydrogen-bond donors (Lipinski definition) is 1. The van der Waals surface area contributed by atoms with Crippen LogP contribution in [0.15, 0.2) is 12.1 Å². The maximum Gasteiger partial charge on any atom is 0.0297 e. The van der Waals surface area contributed by atoms with Gasteiger partial charge in [0, 0.05) is 12.1 Å². The summed E-state index contributed by atoms with van der Waals surface area (Å²) in [7, 11) is 0. The van der Waals surface area contributed by atoms with Crippen molar-refractivity contribution in [3.63, 3.8) is 0 Å². The molecule has 0 saturated heterocycles. The van der Waals surface area contributed by atoms with Gasteiger partial charge in [-0.15, -0.1) is 0 Å². The van der Waals surface area contributed by atoms with E-state index in [0.29, 0.717) is 12.1 Å². The summed E-state index contributed by atoms with van der Waals surface area (Å²) in [6.45, 7) is 13.8. The molecule has 4 atom stereocenters. The van der Waals surface area contributed by atoms with Gasteiger partial charge in [0.15, 0.2) is 0 Å². The average molecular weight is 273 g/mol. The molecule has 1 aliphatic rings. The third-order valence-electron chi connectivity index (χ3n) is 5.56. The topological polar surface area (TPSA) is 12.0 Å². The third-order valence-corrected chi connectivity index (χ3v) is 5.56. The fourth-order valence-corrected chi connectivity index (χ4v) is 3.92. The van der Waals surface area contributed by atoms with E-state index < -0.39 is 0 Å². The zero-order valence-electron chi connectivity index (χ0n) is 14.1. The van der Waals surface area contributed by atoms with Gasteiger partial charge < -0.3 is 5.32 Å². The molecule has 1 heteroatoms. The van der Waals surface area contributed by atoms with Gasteiger partial charge in [0.2, 0.25) is 0 Å². The van der Waals surface area contributed by atoms with Crippen molar-refractivity contribution in [3.8, 4) is 0 Å². The predicted molar refractivity (Wildman–Crippen MR) is 88.2 cm³/mol. The summed E-state index contributed by atoms with van der Waals surface area (Å²) in [5, 5.41) is 3.90. The lowest BCUT2D eigenvalue weighted by Gasteiger charge is -2.26. The predicted octanol–water partition coefficient (Wildman–Crippen LogP) is 5.09. The standard InChI is InChI=1S/C19H31N/c1-7-17-8-9-19(15(17)5)20-16(6)18-11-13(3)12(2)10-14(18)4/h10-11,15-17,19-20H,7-9H2,1-6H3. The first kappa shape index (κ1) is 15.6. The minimum Gasteiger partial charge on any atom is -0.307 e. The van der Waals surface area contributed by atoms with Crippen LogP contribution in [0.2, 0.25) is 0 Å². The number of hydrogen-bond acceptors (Lipinski definition) is 1. The van der Waals surface area contributed by atoms with Crippen LogP contribution in [-0.2, 0) is 0 Å². The summed E-state index contributed by atoms with van der Waals surface area (Å²) >= 11 is 0. The van der Waals surface area contributed by atoms with Crippen molar-refractivity contribution in [1.29, 1.82) is 0 Å². The van der Waals surface area contributed by atoms with Crippen LogP contribution >= 0.6 is 0 Å². The fourth-order valence-electron chi connectivity index (χ4n) is 3.92. The second kappa shape index (κ2) is 6.30. The molecule has 1 aromatic rings. The molecule has 1 N–H and O–H groups in total. The Morgan fingerprint density at radius 2 is 1.75 bits per heavy atom. The molecule has 0 aromatic heterocycles. The van der Waals surface area contributed by atoms with Crippen LogP contribution in [0, 0.1) is 32.6 Å². The van der Waals surface area contributed by atoms with Gasteiger partial charge in [0.05, 0.1) is 0 Å². The smallest absolute Gasteiger partial charge is 0.0297 e. The van der Waals surface area contributed by atoms with Gasteiger partial charge in [0.1, 0.15) is 0 Å². The average Bonchev–Trinajstić information content (AvgIpc) is 2.74.